The van der Waals surface area contributed by atoms with Gasteiger partial charge in [-0.25, -0.2) is 0 Å². The average Bonchev–Trinajstić information content (AvgIpc) is 2.20. The molecule has 16 heavy (non-hydrogen) atoms. The number of hydrogen-bond acceptors (Lipinski definition) is 1. The zero-order chi connectivity index (χ0) is 11.4. The first-order valence-electron chi connectivity index (χ1n) is 6.95. The van der Waals surface area contributed by atoms with Crippen molar-refractivity contribution >= 4 is 29.6 Å². The fourth-order valence-corrected chi connectivity index (χ4v) is 1.93. The van der Waals surface area contributed by atoms with Crippen LogP contribution in [0.2, 0.25) is 0 Å². The fraction of sp³-hybridized carbons (Fsp3) is 1.00. The van der Waals surface area contributed by atoms with Crippen LogP contribution in [0.25, 0.3) is 0 Å². The quantitative estimate of drug-likeness (QED) is 0.419. The molecule has 0 heterocycles. The molecule has 0 fully saturated rings. The van der Waals surface area contributed by atoms with Gasteiger partial charge in [-0.1, -0.05) is 71.1 Å². The van der Waals surface area contributed by atoms with E-state index in [1.807, 2.05) is 6.92 Å². The molecule has 1 nitrogen and oxygen atoms in total. The van der Waals surface area contributed by atoms with Gasteiger partial charge in [-0.3, -0.25) is 0 Å². The molecule has 0 rings (SSSR count). The Hall–Kier alpha value is 0.960. The van der Waals surface area contributed by atoms with Crippen molar-refractivity contribution in [3.05, 3.63) is 0 Å². The maximum atomic E-state index is 9.08. The zero-order valence-corrected chi connectivity index (χ0v) is 13.8. The summed E-state index contributed by atoms with van der Waals surface area (Å²) < 4.78 is 0. The van der Waals surface area contributed by atoms with Crippen LogP contribution in [0.1, 0.15) is 84.5 Å². The van der Waals surface area contributed by atoms with Crippen molar-refractivity contribution in [1.29, 1.82) is 0 Å². The first-order valence-corrected chi connectivity index (χ1v) is 6.95. The molecule has 2 heteroatoms. The molecule has 1 unspecified atom stereocenters. The van der Waals surface area contributed by atoms with Gasteiger partial charge < -0.3 is 5.11 Å². The summed E-state index contributed by atoms with van der Waals surface area (Å²) in [4.78, 5) is 0. The van der Waals surface area contributed by atoms with E-state index in [0.717, 1.165) is 6.42 Å². The Kier molecular flexibility index (Phi) is 19.3. The normalized spacial score (nSPS) is 12.2. The van der Waals surface area contributed by atoms with E-state index in [1.165, 1.54) is 64.2 Å². The number of aliphatic hydroxyl groups excluding tert-OH is 1. The van der Waals surface area contributed by atoms with Crippen molar-refractivity contribution in [2.24, 2.45) is 0 Å². The summed E-state index contributed by atoms with van der Waals surface area (Å²) >= 11 is 0. The van der Waals surface area contributed by atoms with E-state index in [4.69, 9.17) is 5.11 Å². The van der Waals surface area contributed by atoms with Gasteiger partial charge in [-0.05, 0) is 13.3 Å². The first kappa shape index (κ1) is 19.3. The van der Waals surface area contributed by atoms with Crippen molar-refractivity contribution in [2.75, 3.05) is 0 Å². The van der Waals surface area contributed by atoms with Crippen molar-refractivity contribution < 1.29 is 5.11 Å². The van der Waals surface area contributed by atoms with Crippen LogP contribution >= 0.6 is 0 Å². The summed E-state index contributed by atoms with van der Waals surface area (Å²) in [6, 6.07) is 0. The summed E-state index contributed by atoms with van der Waals surface area (Å²) in [5.41, 5.74) is 0. The Morgan fingerprint density at radius 3 is 1.50 bits per heavy atom. The molecular weight excluding hydrogens is 207 g/mol. The maximum Gasteiger partial charge on any atom is 0.0512 e. The van der Waals surface area contributed by atoms with Crippen LogP contribution in [-0.4, -0.2) is 40.8 Å². The average molecular weight is 237 g/mol. The van der Waals surface area contributed by atoms with E-state index < -0.39 is 0 Å². The second kappa shape index (κ2) is 16.0. The summed E-state index contributed by atoms with van der Waals surface area (Å²) in [7, 11) is 0. The monoisotopic (exact) mass is 237 g/mol. The van der Waals surface area contributed by atoms with Crippen molar-refractivity contribution in [2.45, 2.75) is 90.6 Å². The minimum Gasteiger partial charge on any atom is -0.393 e. The van der Waals surface area contributed by atoms with Gasteiger partial charge >= 0.3 is 0 Å². The van der Waals surface area contributed by atoms with Gasteiger partial charge in [0.05, 0.1) is 6.10 Å². The predicted molar refractivity (Wildman–Crippen MR) is 73.9 cm³/mol. The van der Waals surface area contributed by atoms with E-state index >= 15 is 0 Å². The number of aliphatic hydroxyl groups is 1. The molecule has 1 atom stereocenters. The molecule has 0 aromatic carbocycles. The number of unbranched alkanes of at least 4 members (excludes halogenated alkanes) is 9. The molecule has 0 saturated carbocycles. The summed E-state index contributed by atoms with van der Waals surface area (Å²) in [6.45, 7) is 4.15. The third-order valence-corrected chi connectivity index (χ3v) is 2.98. The van der Waals surface area contributed by atoms with Crippen molar-refractivity contribution in [3.63, 3.8) is 0 Å². The largest absolute Gasteiger partial charge is 0.393 e. The van der Waals surface area contributed by atoms with Crippen LogP contribution in [0.15, 0.2) is 0 Å². The molecule has 0 aliphatic rings. The molecule has 0 aromatic heterocycles. The van der Waals surface area contributed by atoms with E-state index in [1.54, 1.807) is 0 Å². The fourth-order valence-electron chi connectivity index (χ4n) is 1.93. The van der Waals surface area contributed by atoms with E-state index in [2.05, 4.69) is 6.92 Å². The Balaban J connectivity index is 0. The summed E-state index contributed by atoms with van der Waals surface area (Å²) in [5.74, 6) is 0. The minimum atomic E-state index is -0.0981. The van der Waals surface area contributed by atoms with Crippen LogP contribution in [0.4, 0.5) is 0 Å². The standard InChI is InChI=1S/C14H30O.Na/c1-3-4-5-6-7-8-9-10-11-12-13-14(2)15;/h14-15H,3-13H2,1-2H3;. The second-order valence-electron chi connectivity index (χ2n) is 4.82. The summed E-state index contributed by atoms with van der Waals surface area (Å²) in [5, 5.41) is 9.08. The Bertz CT molecular complexity index is 115. The SMILES string of the molecule is CCCCCCCCCCCCC(C)O.[Na]. The zero-order valence-electron chi connectivity index (χ0n) is 11.8. The predicted octanol–water partition coefficient (Wildman–Crippen LogP) is 4.30. The second-order valence-corrected chi connectivity index (χ2v) is 4.82. The topological polar surface area (TPSA) is 20.2 Å². The molecule has 0 saturated heterocycles. The molecule has 93 valence electrons. The van der Waals surface area contributed by atoms with Crippen LogP contribution in [0, 0.1) is 0 Å². The van der Waals surface area contributed by atoms with Gasteiger partial charge in [0.1, 0.15) is 0 Å². The first-order chi connectivity index (χ1) is 7.27. The van der Waals surface area contributed by atoms with Gasteiger partial charge in [0.2, 0.25) is 0 Å². The van der Waals surface area contributed by atoms with Crippen molar-refractivity contribution in [1.82, 2.24) is 0 Å². The Morgan fingerprint density at radius 1 is 0.750 bits per heavy atom. The van der Waals surface area contributed by atoms with Crippen LogP contribution in [-0.2, 0) is 0 Å². The van der Waals surface area contributed by atoms with Gasteiger partial charge in [0.25, 0.3) is 0 Å². The maximum absolute atomic E-state index is 9.08. The van der Waals surface area contributed by atoms with Gasteiger partial charge in [0, 0.05) is 29.6 Å². The molecule has 1 radical (unpaired) electrons. The molecular formula is C14H30NaO. The third kappa shape index (κ3) is 17.4. The van der Waals surface area contributed by atoms with E-state index in [-0.39, 0.29) is 35.7 Å². The Labute approximate surface area is 125 Å². The summed E-state index contributed by atoms with van der Waals surface area (Å²) in [6.07, 6.45) is 14.6. The molecule has 0 bridgehead atoms. The van der Waals surface area contributed by atoms with E-state index in [9.17, 15) is 0 Å². The Morgan fingerprint density at radius 2 is 1.12 bits per heavy atom. The molecule has 0 amide bonds. The minimum absolute atomic E-state index is 0. The molecule has 0 aliphatic carbocycles. The number of hydrogen-bond donors (Lipinski definition) is 1. The number of rotatable bonds is 11. The molecule has 0 aliphatic heterocycles. The van der Waals surface area contributed by atoms with Gasteiger partial charge in [0.15, 0.2) is 0 Å². The van der Waals surface area contributed by atoms with Crippen LogP contribution in [0.5, 0.6) is 0 Å². The van der Waals surface area contributed by atoms with Crippen LogP contribution < -0.4 is 0 Å². The van der Waals surface area contributed by atoms with Gasteiger partial charge in [-0.15, -0.1) is 0 Å². The van der Waals surface area contributed by atoms with Gasteiger partial charge in [-0.2, -0.15) is 0 Å². The molecule has 0 spiro atoms. The van der Waals surface area contributed by atoms with E-state index in [0.29, 0.717) is 0 Å². The smallest absolute Gasteiger partial charge is 0.0512 e. The third-order valence-electron chi connectivity index (χ3n) is 2.98. The molecule has 1 N–H and O–H groups in total. The van der Waals surface area contributed by atoms with Crippen molar-refractivity contribution in [3.8, 4) is 0 Å². The van der Waals surface area contributed by atoms with Crippen LogP contribution in [0.3, 0.4) is 0 Å². The molecule has 0 aromatic rings.